The molecule has 4 aromatic rings. The predicted octanol–water partition coefficient (Wildman–Crippen LogP) is 4.48. The van der Waals surface area contributed by atoms with E-state index in [0.29, 0.717) is 17.2 Å². The molecule has 1 N–H and O–H groups in total. The Morgan fingerprint density at radius 1 is 0.871 bits per heavy atom. The summed E-state index contributed by atoms with van der Waals surface area (Å²) in [5.74, 6) is 0.579. The minimum Gasteiger partial charge on any atom is -0.484 e. The van der Waals surface area contributed by atoms with E-state index in [1.807, 2.05) is 60.7 Å². The number of anilines is 1. The molecular formula is C25H22N2O4. The number of hydrogen-bond donors (Lipinski definition) is 1. The first kappa shape index (κ1) is 20.2. The van der Waals surface area contributed by atoms with Crippen molar-refractivity contribution < 1.29 is 18.7 Å². The monoisotopic (exact) mass is 414 g/mol. The quantitative estimate of drug-likeness (QED) is 0.461. The number of fused-ring (bicyclic) bond motifs is 1. The van der Waals surface area contributed by atoms with Crippen LogP contribution in [0.3, 0.4) is 0 Å². The van der Waals surface area contributed by atoms with Gasteiger partial charge in [0.05, 0.1) is 12.8 Å². The number of carbonyl (C=O) groups is 2. The van der Waals surface area contributed by atoms with Crippen LogP contribution < -0.4 is 10.1 Å². The Morgan fingerprint density at radius 3 is 2.42 bits per heavy atom. The van der Waals surface area contributed by atoms with Gasteiger partial charge in [0, 0.05) is 5.69 Å². The van der Waals surface area contributed by atoms with Crippen molar-refractivity contribution in [1.29, 1.82) is 0 Å². The van der Waals surface area contributed by atoms with E-state index in [9.17, 15) is 9.59 Å². The third kappa shape index (κ3) is 5.51. The largest absolute Gasteiger partial charge is 0.484 e. The van der Waals surface area contributed by atoms with Crippen LogP contribution in [-0.4, -0.2) is 29.9 Å². The third-order valence-corrected chi connectivity index (χ3v) is 4.75. The summed E-state index contributed by atoms with van der Waals surface area (Å²) in [5.41, 5.74) is 0.672. The minimum atomic E-state index is -0.312. The van der Waals surface area contributed by atoms with E-state index in [1.54, 1.807) is 24.3 Å². The molecule has 0 atom stereocenters. The van der Waals surface area contributed by atoms with Crippen molar-refractivity contribution in [2.45, 2.75) is 6.54 Å². The van der Waals surface area contributed by atoms with Crippen LogP contribution in [0, 0.1) is 0 Å². The smallest absolute Gasteiger partial charge is 0.261 e. The van der Waals surface area contributed by atoms with Crippen LogP contribution in [0.5, 0.6) is 5.75 Å². The molecule has 1 aromatic heterocycles. The van der Waals surface area contributed by atoms with Crippen LogP contribution in [0.25, 0.3) is 10.8 Å². The SMILES string of the molecule is O=C(CN(Cc1ccco1)C(=O)COc1ccc2ccccc2c1)Nc1ccccc1. The highest BCUT2D eigenvalue weighted by Crippen LogP contribution is 2.20. The van der Waals surface area contributed by atoms with Crippen molar-refractivity contribution in [2.24, 2.45) is 0 Å². The van der Waals surface area contributed by atoms with Gasteiger partial charge in [-0.1, -0.05) is 48.5 Å². The molecule has 0 radical (unpaired) electrons. The van der Waals surface area contributed by atoms with Crippen LogP contribution in [0.2, 0.25) is 0 Å². The second-order valence-corrected chi connectivity index (χ2v) is 7.04. The summed E-state index contributed by atoms with van der Waals surface area (Å²) in [7, 11) is 0. The average molecular weight is 414 g/mol. The van der Waals surface area contributed by atoms with Crippen molar-refractivity contribution in [1.82, 2.24) is 4.90 Å². The highest BCUT2D eigenvalue weighted by molar-refractivity contribution is 5.94. The molecule has 3 aromatic carbocycles. The molecule has 6 nitrogen and oxygen atoms in total. The zero-order chi connectivity index (χ0) is 21.5. The minimum absolute atomic E-state index is 0.116. The Bertz CT molecular complexity index is 1160. The van der Waals surface area contributed by atoms with Gasteiger partial charge in [-0.25, -0.2) is 0 Å². The van der Waals surface area contributed by atoms with E-state index < -0.39 is 0 Å². The third-order valence-electron chi connectivity index (χ3n) is 4.75. The van der Waals surface area contributed by atoms with E-state index in [1.165, 1.54) is 11.2 Å². The number of rotatable bonds is 8. The van der Waals surface area contributed by atoms with Gasteiger partial charge in [-0.15, -0.1) is 0 Å². The number of benzene rings is 3. The van der Waals surface area contributed by atoms with Crippen LogP contribution in [0.15, 0.2) is 95.6 Å². The summed E-state index contributed by atoms with van der Waals surface area (Å²) < 4.78 is 11.1. The topological polar surface area (TPSA) is 71.8 Å². The number of nitrogens with one attached hydrogen (secondary N) is 1. The van der Waals surface area contributed by atoms with Crippen molar-refractivity contribution in [3.63, 3.8) is 0 Å². The summed E-state index contributed by atoms with van der Waals surface area (Å²) in [4.78, 5) is 26.8. The first-order valence-corrected chi connectivity index (χ1v) is 9.94. The molecule has 0 saturated carbocycles. The van der Waals surface area contributed by atoms with Crippen molar-refractivity contribution >= 4 is 28.3 Å². The first-order chi connectivity index (χ1) is 15.2. The van der Waals surface area contributed by atoms with Gasteiger partial charge in [0.2, 0.25) is 5.91 Å². The van der Waals surface area contributed by atoms with E-state index in [2.05, 4.69) is 5.32 Å². The Labute approximate surface area is 180 Å². The second kappa shape index (κ2) is 9.63. The fourth-order valence-electron chi connectivity index (χ4n) is 3.21. The number of ether oxygens (including phenoxy) is 1. The summed E-state index contributed by atoms with van der Waals surface area (Å²) in [6.45, 7) is -0.123. The number of amides is 2. The molecule has 0 bridgehead atoms. The maximum absolute atomic E-state index is 12.9. The lowest BCUT2D eigenvalue weighted by molar-refractivity contribution is -0.137. The standard InChI is InChI=1S/C25H22N2O4/c28-24(26-21-9-2-1-3-10-21)17-27(16-23-11-6-14-30-23)25(29)18-31-22-13-12-19-7-4-5-8-20(19)15-22/h1-15H,16-18H2,(H,26,28). The fourth-order valence-corrected chi connectivity index (χ4v) is 3.21. The number of para-hydroxylation sites is 1. The lowest BCUT2D eigenvalue weighted by Crippen LogP contribution is -2.40. The molecule has 0 spiro atoms. The Hall–Kier alpha value is -4.06. The lowest BCUT2D eigenvalue weighted by Gasteiger charge is -2.21. The highest BCUT2D eigenvalue weighted by atomic mass is 16.5. The number of carbonyl (C=O) groups excluding carboxylic acids is 2. The molecule has 2 amide bonds. The van der Waals surface area contributed by atoms with Gasteiger partial charge < -0.3 is 19.4 Å². The molecular weight excluding hydrogens is 392 g/mol. The molecule has 0 aliphatic rings. The molecule has 0 fully saturated rings. The average Bonchev–Trinajstić information content (AvgIpc) is 3.31. The van der Waals surface area contributed by atoms with Gasteiger partial charge in [-0.3, -0.25) is 9.59 Å². The van der Waals surface area contributed by atoms with E-state index in [0.717, 1.165) is 10.8 Å². The summed E-state index contributed by atoms with van der Waals surface area (Å²) in [5, 5.41) is 4.92. The van der Waals surface area contributed by atoms with Crippen molar-refractivity contribution in [2.75, 3.05) is 18.5 Å². The molecule has 0 saturated heterocycles. The Kier molecular flexibility index (Phi) is 6.28. The van der Waals surface area contributed by atoms with Crippen molar-refractivity contribution in [3.05, 3.63) is 97.0 Å². The van der Waals surface area contributed by atoms with Crippen LogP contribution in [0.4, 0.5) is 5.69 Å². The van der Waals surface area contributed by atoms with Gasteiger partial charge >= 0.3 is 0 Å². The molecule has 4 rings (SSSR count). The zero-order valence-corrected chi connectivity index (χ0v) is 16.9. The Balaban J connectivity index is 1.42. The molecule has 6 heteroatoms. The van der Waals surface area contributed by atoms with Gasteiger partial charge in [0.1, 0.15) is 18.1 Å². The van der Waals surface area contributed by atoms with Crippen LogP contribution in [-0.2, 0) is 16.1 Å². The maximum Gasteiger partial charge on any atom is 0.261 e. The van der Waals surface area contributed by atoms with Gasteiger partial charge in [-0.05, 0) is 47.2 Å². The maximum atomic E-state index is 12.9. The highest BCUT2D eigenvalue weighted by Gasteiger charge is 2.19. The molecule has 0 aliphatic heterocycles. The lowest BCUT2D eigenvalue weighted by atomic mass is 10.1. The van der Waals surface area contributed by atoms with Crippen molar-refractivity contribution in [3.8, 4) is 5.75 Å². The van der Waals surface area contributed by atoms with E-state index in [4.69, 9.17) is 9.15 Å². The number of nitrogens with zero attached hydrogens (tertiary/aromatic N) is 1. The molecule has 0 aliphatic carbocycles. The summed E-state index contributed by atoms with van der Waals surface area (Å²) in [6.07, 6.45) is 1.54. The van der Waals surface area contributed by atoms with Crippen LogP contribution in [0.1, 0.15) is 5.76 Å². The Morgan fingerprint density at radius 2 is 1.65 bits per heavy atom. The normalized spacial score (nSPS) is 10.6. The van der Waals surface area contributed by atoms with Crippen LogP contribution >= 0.6 is 0 Å². The fraction of sp³-hybridized carbons (Fsp3) is 0.120. The molecule has 1 heterocycles. The second-order valence-electron chi connectivity index (χ2n) is 7.04. The summed E-state index contributed by atoms with van der Waals surface area (Å²) >= 11 is 0. The van der Waals surface area contributed by atoms with E-state index in [-0.39, 0.29) is 31.5 Å². The number of hydrogen-bond acceptors (Lipinski definition) is 4. The first-order valence-electron chi connectivity index (χ1n) is 9.94. The zero-order valence-electron chi connectivity index (χ0n) is 16.9. The molecule has 156 valence electrons. The predicted molar refractivity (Wildman–Crippen MR) is 119 cm³/mol. The molecule has 0 unspecified atom stereocenters. The van der Waals surface area contributed by atoms with E-state index >= 15 is 0 Å². The molecule has 31 heavy (non-hydrogen) atoms. The van der Waals surface area contributed by atoms with Gasteiger partial charge in [-0.2, -0.15) is 0 Å². The number of furan rings is 1. The summed E-state index contributed by atoms with van der Waals surface area (Å²) in [6, 6.07) is 26.2. The van der Waals surface area contributed by atoms with Gasteiger partial charge in [0.15, 0.2) is 6.61 Å². The van der Waals surface area contributed by atoms with Gasteiger partial charge in [0.25, 0.3) is 5.91 Å².